The van der Waals surface area contributed by atoms with Gasteiger partial charge in [0.25, 0.3) is 5.91 Å². The summed E-state index contributed by atoms with van der Waals surface area (Å²) in [5.41, 5.74) is 7.80. The molecule has 1 aromatic carbocycles. The van der Waals surface area contributed by atoms with E-state index in [0.717, 1.165) is 35.4 Å². The molecule has 0 spiro atoms. The number of benzene rings is 1. The lowest BCUT2D eigenvalue weighted by molar-refractivity contribution is -0.113. The number of aromatic nitrogens is 2. The average molecular weight is 483 g/mol. The Bertz CT molecular complexity index is 1150. The fourth-order valence-electron chi connectivity index (χ4n) is 3.11. The highest BCUT2D eigenvalue weighted by molar-refractivity contribution is 8.01. The molecule has 2 heterocycles. The zero-order valence-corrected chi connectivity index (χ0v) is 19.0. The van der Waals surface area contributed by atoms with Crippen LogP contribution in [0, 0.1) is 3.95 Å². The number of anilines is 1. The number of hydrogen-bond donors (Lipinski definition) is 2. The number of carbonyl (C=O) groups is 2. The molecule has 0 atom stereocenters. The molecule has 2 aromatic heterocycles. The number of nitrogens with one attached hydrogen (secondary N) is 1. The van der Waals surface area contributed by atoms with E-state index in [-0.39, 0.29) is 11.7 Å². The number of hydrogen-bond acceptors (Lipinski definition) is 7. The lowest BCUT2D eigenvalue weighted by Crippen LogP contribution is -2.18. The van der Waals surface area contributed by atoms with E-state index in [2.05, 4.69) is 10.4 Å². The van der Waals surface area contributed by atoms with Crippen LogP contribution in [0.1, 0.15) is 27.2 Å². The van der Waals surface area contributed by atoms with Gasteiger partial charge in [-0.25, -0.2) is 4.68 Å². The van der Waals surface area contributed by atoms with Crippen molar-refractivity contribution in [2.45, 2.75) is 23.6 Å². The summed E-state index contributed by atoms with van der Waals surface area (Å²) >= 11 is 15.4. The van der Waals surface area contributed by atoms with Crippen LogP contribution in [0.5, 0.6) is 0 Å². The lowest BCUT2D eigenvalue weighted by atomic mass is 10.1. The Balaban J connectivity index is 1.43. The normalized spacial score (nSPS) is 12.7. The quantitative estimate of drug-likeness (QED) is 0.392. The maximum Gasteiger partial charge on any atom is 0.251 e. The summed E-state index contributed by atoms with van der Waals surface area (Å²) in [6, 6.07) is 7.21. The zero-order valence-electron chi connectivity index (χ0n) is 14.9. The fraction of sp³-hybridized carbons (Fsp3) is 0.222. The number of nitrogens with zero attached hydrogens (tertiary/aromatic N) is 2. The summed E-state index contributed by atoms with van der Waals surface area (Å²) in [5, 5.41) is 8.50. The predicted octanol–water partition coefficient (Wildman–Crippen LogP) is 4.70. The maximum atomic E-state index is 12.4. The highest BCUT2D eigenvalue weighted by Gasteiger charge is 2.26. The summed E-state index contributed by atoms with van der Waals surface area (Å²) in [6.07, 6.45) is 2.78. The van der Waals surface area contributed by atoms with Gasteiger partial charge in [-0.15, -0.1) is 16.4 Å². The topological polar surface area (TPSA) is 90.0 Å². The molecule has 0 saturated carbocycles. The summed E-state index contributed by atoms with van der Waals surface area (Å²) in [7, 11) is 0. The number of fused-ring (bicyclic) bond motifs is 1. The van der Waals surface area contributed by atoms with E-state index in [1.54, 1.807) is 16.8 Å². The predicted molar refractivity (Wildman–Crippen MR) is 122 cm³/mol. The molecule has 0 radical (unpaired) electrons. The van der Waals surface area contributed by atoms with Gasteiger partial charge < -0.3 is 11.1 Å². The van der Waals surface area contributed by atoms with Gasteiger partial charge >= 0.3 is 0 Å². The summed E-state index contributed by atoms with van der Waals surface area (Å²) in [4.78, 5) is 25.4. The van der Waals surface area contributed by atoms with Crippen molar-refractivity contribution in [3.63, 3.8) is 0 Å². The Hall–Kier alpha value is -1.72. The molecule has 2 amide bonds. The van der Waals surface area contributed by atoms with Crippen LogP contribution in [0.2, 0.25) is 5.02 Å². The molecular weight excluding hydrogens is 468 g/mol. The number of primary amides is 1. The number of thioether (sulfide) groups is 1. The molecule has 3 N–H and O–H groups in total. The van der Waals surface area contributed by atoms with Crippen molar-refractivity contribution < 1.29 is 9.59 Å². The van der Waals surface area contributed by atoms with Crippen LogP contribution < -0.4 is 11.1 Å². The number of aryl methyl sites for hydroxylation is 1. The molecule has 11 heteroatoms. The van der Waals surface area contributed by atoms with Crippen molar-refractivity contribution in [3.8, 4) is 5.69 Å². The SMILES string of the molecule is NC(=O)c1c(NC(=O)CSc2nn(-c3ccc(Cl)cc3)c(=S)s2)sc2c1CCC2. The molecule has 0 fully saturated rings. The molecule has 150 valence electrons. The molecule has 4 rings (SSSR count). The molecule has 1 aliphatic carbocycles. The number of amides is 2. The molecule has 1 aliphatic rings. The van der Waals surface area contributed by atoms with Crippen LogP contribution in [-0.4, -0.2) is 27.3 Å². The molecule has 0 aliphatic heterocycles. The monoisotopic (exact) mass is 482 g/mol. The number of carbonyl (C=O) groups excluding carboxylic acids is 2. The van der Waals surface area contributed by atoms with E-state index in [1.807, 2.05) is 12.1 Å². The van der Waals surface area contributed by atoms with Crippen molar-refractivity contribution in [2.24, 2.45) is 5.73 Å². The third-order valence-electron chi connectivity index (χ3n) is 4.35. The third-order valence-corrected chi connectivity index (χ3v) is 8.17. The molecule has 0 bridgehead atoms. The van der Waals surface area contributed by atoms with Crippen LogP contribution in [-0.2, 0) is 17.6 Å². The largest absolute Gasteiger partial charge is 0.365 e. The van der Waals surface area contributed by atoms with Gasteiger partial charge in [0.1, 0.15) is 5.00 Å². The number of thiophene rings is 1. The van der Waals surface area contributed by atoms with E-state index < -0.39 is 5.91 Å². The smallest absolute Gasteiger partial charge is 0.251 e. The van der Waals surface area contributed by atoms with Crippen molar-refractivity contribution in [1.82, 2.24) is 9.78 Å². The first-order chi connectivity index (χ1) is 13.9. The first-order valence-corrected chi connectivity index (χ1v) is 12.1. The lowest BCUT2D eigenvalue weighted by Gasteiger charge is -2.05. The van der Waals surface area contributed by atoms with Crippen LogP contribution in [0.25, 0.3) is 5.69 Å². The van der Waals surface area contributed by atoms with Gasteiger partial charge in [-0.1, -0.05) is 34.7 Å². The minimum atomic E-state index is -0.493. The standard InChI is InChI=1S/C18H15ClN4O2S4/c19-9-4-6-10(7-5-9)23-18(26)29-17(22-23)27-8-13(24)21-16-14(15(20)25)11-2-1-3-12(11)28-16/h4-7H,1-3,8H2,(H2,20,25)(H,21,24). The number of halogens is 1. The summed E-state index contributed by atoms with van der Waals surface area (Å²) < 4.78 is 2.91. The van der Waals surface area contributed by atoms with E-state index in [4.69, 9.17) is 29.6 Å². The minimum absolute atomic E-state index is 0.156. The fourth-order valence-corrected chi connectivity index (χ4v) is 6.71. The first kappa shape index (κ1) is 20.5. The van der Waals surface area contributed by atoms with E-state index in [0.29, 0.717) is 23.9 Å². The molecule has 6 nitrogen and oxygen atoms in total. The average Bonchev–Trinajstić information content (AvgIpc) is 3.35. The number of rotatable bonds is 6. The van der Waals surface area contributed by atoms with Gasteiger partial charge in [-0.05, 0) is 61.3 Å². The Morgan fingerprint density at radius 1 is 1.28 bits per heavy atom. The Labute approximate surface area is 189 Å². The Kier molecular flexibility index (Phi) is 6.07. The molecule has 3 aromatic rings. The zero-order chi connectivity index (χ0) is 20.5. The van der Waals surface area contributed by atoms with E-state index >= 15 is 0 Å². The van der Waals surface area contributed by atoms with Gasteiger partial charge in [0.2, 0.25) is 5.91 Å². The van der Waals surface area contributed by atoms with Crippen LogP contribution in [0.4, 0.5) is 5.00 Å². The van der Waals surface area contributed by atoms with Gasteiger partial charge in [-0.3, -0.25) is 9.59 Å². The van der Waals surface area contributed by atoms with Crippen molar-refractivity contribution in [3.05, 3.63) is 49.2 Å². The van der Waals surface area contributed by atoms with Crippen molar-refractivity contribution in [2.75, 3.05) is 11.1 Å². The Morgan fingerprint density at radius 2 is 2.03 bits per heavy atom. The molecule has 0 saturated heterocycles. The van der Waals surface area contributed by atoms with Gasteiger partial charge in [0, 0.05) is 9.90 Å². The third kappa shape index (κ3) is 4.41. The second kappa shape index (κ2) is 8.57. The van der Waals surface area contributed by atoms with E-state index in [9.17, 15) is 9.59 Å². The highest BCUT2D eigenvalue weighted by atomic mass is 35.5. The van der Waals surface area contributed by atoms with Gasteiger partial charge in [0.05, 0.1) is 17.0 Å². The second-order valence-corrected chi connectivity index (χ2v) is 10.7. The first-order valence-electron chi connectivity index (χ1n) is 8.65. The Morgan fingerprint density at radius 3 is 2.76 bits per heavy atom. The molecular formula is C18H15ClN4O2S4. The van der Waals surface area contributed by atoms with E-state index in [1.165, 1.54) is 34.4 Å². The van der Waals surface area contributed by atoms with Crippen molar-refractivity contribution >= 4 is 75.1 Å². The number of nitrogens with two attached hydrogens (primary N) is 1. The minimum Gasteiger partial charge on any atom is -0.365 e. The van der Waals surface area contributed by atoms with Gasteiger partial charge in [-0.2, -0.15) is 0 Å². The summed E-state index contributed by atoms with van der Waals surface area (Å²) in [6.45, 7) is 0. The van der Waals surface area contributed by atoms with Gasteiger partial charge in [0.15, 0.2) is 8.29 Å². The second-order valence-electron chi connectivity index (χ2n) is 6.28. The van der Waals surface area contributed by atoms with Crippen LogP contribution in [0.3, 0.4) is 0 Å². The molecule has 29 heavy (non-hydrogen) atoms. The van der Waals surface area contributed by atoms with Crippen LogP contribution in [0.15, 0.2) is 28.6 Å². The highest BCUT2D eigenvalue weighted by Crippen LogP contribution is 2.39. The molecule has 0 unspecified atom stereocenters. The summed E-state index contributed by atoms with van der Waals surface area (Å²) in [5.74, 6) is -0.549. The van der Waals surface area contributed by atoms with Crippen LogP contribution >= 0.6 is 58.3 Å². The van der Waals surface area contributed by atoms with Crippen molar-refractivity contribution in [1.29, 1.82) is 0 Å². The maximum absolute atomic E-state index is 12.4.